The van der Waals surface area contributed by atoms with Crippen molar-refractivity contribution in [3.8, 4) is 0 Å². The van der Waals surface area contributed by atoms with E-state index in [1.54, 1.807) is 18.5 Å². The Morgan fingerprint density at radius 2 is 1.86 bits per heavy atom. The molecule has 0 amide bonds. The Labute approximate surface area is 214 Å². The van der Waals surface area contributed by atoms with Gasteiger partial charge in [0.25, 0.3) is 0 Å². The van der Waals surface area contributed by atoms with Gasteiger partial charge in [0.05, 0.1) is 19.0 Å². The quantitative estimate of drug-likeness (QED) is 0.242. The minimum atomic E-state index is -4.73. The molecule has 0 fully saturated rings. The molecule has 0 saturated heterocycles. The first-order valence-electron chi connectivity index (χ1n) is 11.2. The Kier molecular flexibility index (Phi) is 8.83. The summed E-state index contributed by atoms with van der Waals surface area (Å²) >= 11 is 6.19. The minimum absolute atomic E-state index is 0.0687. The molecule has 12 nitrogen and oxygen atoms in total. The van der Waals surface area contributed by atoms with Gasteiger partial charge < -0.3 is 34.0 Å². The highest BCUT2D eigenvalue weighted by Crippen LogP contribution is 2.55. The van der Waals surface area contributed by atoms with E-state index in [4.69, 9.17) is 25.9 Å². The summed E-state index contributed by atoms with van der Waals surface area (Å²) in [5, 5.41) is 3.72. The average Bonchev–Trinajstić information content (AvgIpc) is 3.18. The molecular weight excluding hydrogens is 530 g/mol. The molecule has 198 valence electrons. The van der Waals surface area contributed by atoms with Gasteiger partial charge in [-0.25, -0.2) is 4.98 Å². The summed E-state index contributed by atoms with van der Waals surface area (Å²) in [6.45, 7) is 7.43. The molecule has 2 atom stereocenters. The summed E-state index contributed by atoms with van der Waals surface area (Å²) in [6, 6.07) is 6.81. The maximum Gasteiger partial charge on any atom is 0.340 e. The minimum Gasteiger partial charge on any atom is -0.349 e. The molecule has 0 aliphatic rings. The monoisotopic (exact) mass is 560 g/mol. The zero-order chi connectivity index (χ0) is 26.8. The van der Waals surface area contributed by atoms with Crippen molar-refractivity contribution >= 4 is 55.4 Å². The molecule has 4 N–H and O–H groups in total. The van der Waals surface area contributed by atoms with Crippen LogP contribution in [0.2, 0.25) is 5.02 Å². The van der Waals surface area contributed by atoms with Gasteiger partial charge in [-0.2, -0.15) is 9.97 Å². The Bertz CT molecular complexity index is 1310. The maximum absolute atomic E-state index is 12.1. The van der Waals surface area contributed by atoms with Crippen LogP contribution in [0.1, 0.15) is 33.7 Å². The number of nitrogens with one attached hydrogen (secondary N) is 1. The standard InChI is InChI=1S/C21H31ClN6O6P2/c1-13(2)17(10-34-36(32,33)12-35(29,30)31)24-21-25-19(27(5)16-8-6-7-15(22)9-16)18-20(26-21)28(11-23-18)14(3)4/h6-9,11,13-14,17H,10,12H2,1-5H3,(H,32,33)(H,24,25,26)(H2,29,30,31)/t17-/m0/s1. The van der Waals surface area contributed by atoms with Crippen LogP contribution in [0.3, 0.4) is 0 Å². The molecule has 3 aromatic rings. The van der Waals surface area contributed by atoms with Crippen LogP contribution >= 0.6 is 26.8 Å². The normalized spacial score (nSPS) is 14.9. The maximum atomic E-state index is 12.1. The van der Waals surface area contributed by atoms with Crippen molar-refractivity contribution in [3.05, 3.63) is 35.6 Å². The van der Waals surface area contributed by atoms with E-state index in [0.29, 0.717) is 22.0 Å². The van der Waals surface area contributed by atoms with E-state index in [2.05, 4.69) is 20.3 Å². The highest BCUT2D eigenvalue weighted by Gasteiger charge is 2.32. The molecule has 0 aliphatic heterocycles. The summed E-state index contributed by atoms with van der Waals surface area (Å²) in [7, 11) is -7.41. The lowest BCUT2D eigenvalue weighted by Gasteiger charge is -2.25. The lowest BCUT2D eigenvalue weighted by atomic mass is 10.1. The molecule has 1 aromatic carbocycles. The van der Waals surface area contributed by atoms with Crippen molar-refractivity contribution in [3.63, 3.8) is 0 Å². The van der Waals surface area contributed by atoms with Crippen LogP contribution in [0, 0.1) is 5.92 Å². The molecular formula is C21H31ClN6O6P2. The van der Waals surface area contributed by atoms with Crippen molar-refractivity contribution in [2.45, 2.75) is 39.8 Å². The van der Waals surface area contributed by atoms with Crippen LogP contribution in [0.5, 0.6) is 0 Å². The predicted molar refractivity (Wildman–Crippen MR) is 140 cm³/mol. The van der Waals surface area contributed by atoms with Crippen LogP contribution in [0.15, 0.2) is 30.6 Å². The first-order valence-corrected chi connectivity index (χ1v) is 15.1. The molecule has 2 aromatic heterocycles. The van der Waals surface area contributed by atoms with E-state index in [-0.39, 0.29) is 24.5 Å². The zero-order valence-electron chi connectivity index (χ0n) is 20.6. The number of imidazole rings is 1. The molecule has 0 aliphatic carbocycles. The van der Waals surface area contributed by atoms with Crippen LogP contribution < -0.4 is 10.2 Å². The highest BCUT2D eigenvalue weighted by molar-refractivity contribution is 7.70. The predicted octanol–water partition coefficient (Wildman–Crippen LogP) is 4.60. The fourth-order valence-corrected chi connectivity index (χ4v) is 6.19. The molecule has 1 unspecified atom stereocenters. The van der Waals surface area contributed by atoms with E-state index in [1.165, 1.54) is 0 Å². The lowest BCUT2D eigenvalue weighted by Crippen LogP contribution is -2.32. The van der Waals surface area contributed by atoms with Gasteiger partial charge in [-0.3, -0.25) is 9.13 Å². The summed E-state index contributed by atoms with van der Waals surface area (Å²) in [5.41, 5.74) is 1.95. The number of nitrogens with zero attached hydrogens (tertiary/aromatic N) is 5. The van der Waals surface area contributed by atoms with Gasteiger partial charge in [-0.15, -0.1) is 0 Å². The third kappa shape index (κ3) is 7.26. The average molecular weight is 561 g/mol. The fraction of sp³-hybridized carbons (Fsp3) is 0.476. The van der Waals surface area contributed by atoms with Crippen molar-refractivity contribution in [1.29, 1.82) is 0 Å². The van der Waals surface area contributed by atoms with Gasteiger partial charge in [0.1, 0.15) is 0 Å². The van der Waals surface area contributed by atoms with Gasteiger partial charge in [0.15, 0.2) is 22.9 Å². The van der Waals surface area contributed by atoms with E-state index in [0.717, 1.165) is 5.69 Å². The molecule has 0 spiro atoms. The van der Waals surface area contributed by atoms with E-state index in [9.17, 15) is 14.0 Å². The van der Waals surface area contributed by atoms with Crippen LogP contribution in [-0.2, 0) is 13.7 Å². The molecule has 0 bridgehead atoms. The fourth-order valence-electron chi connectivity index (χ4n) is 3.42. The first-order chi connectivity index (χ1) is 16.7. The Morgan fingerprint density at radius 1 is 1.17 bits per heavy atom. The van der Waals surface area contributed by atoms with Gasteiger partial charge >= 0.3 is 15.2 Å². The molecule has 0 saturated carbocycles. The number of halogens is 1. The number of anilines is 3. The SMILES string of the molecule is CC(C)[C@H](COP(=O)(O)CP(=O)(O)O)Nc1nc(N(C)c2cccc(Cl)c2)c2ncn(C(C)C)c2n1. The van der Waals surface area contributed by atoms with Crippen molar-refractivity contribution in [1.82, 2.24) is 19.5 Å². The second-order valence-electron chi connectivity index (χ2n) is 9.06. The van der Waals surface area contributed by atoms with E-state index < -0.39 is 27.1 Å². The van der Waals surface area contributed by atoms with Gasteiger partial charge in [-0.05, 0) is 38.0 Å². The largest absolute Gasteiger partial charge is 0.349 e. The number of hydrogen-bond acceptors (Lipinski definition) is 8. The van der Waals surface area contributed by atoms with E-state index >= 15 is 0 Å². The number of rotatable bonds is 11. The first kappa shape index (κ1) is 28.5. The van der Waals surface area contributed by atoms with Crippen molar-refractivity contribution in [2.24, 2.45) is 5.92 Å². The third-order valence-electron chi connectivity index (χ3n) is 5.41. The Balaban J connectivity index is 1.98. The molecule has 0 radical (unpaired) electrons. The molecule has 15 heteroatoms. The summed E-state index contributed by atoms with van der Waals surface area (Å²) in [5.74, 6) is -0.612. The van der Waals surface area contributed by atoms with Crippen molar-refractivity contribution in [2.75, 3.05) is 29.8 Å². The number of hydrogen-bond donors (Lipinski definition) is 4. The number of benzene rings is 1. The lowest BCUT2D eigenvalue weighted by molar-refractivity contribution is 0.232. The molecule has 2 heterocycles. The number of fused-ring (bicyclic) bond motifs is 1. The van der Waals surface area contributed by atoms with Crippen LogP contribution in [0.4, 0.5) is 17.5 Å². The molecule has 3 rings (SSSR count). The van der Waals surface area contributed by atoms with Gasteiger partial charge in [-0.1, -0.05) is 31.5 Å². The topological polar surface area (TPSA) is 163 Å². The van der Waals surface area contributed by atoms with Gasteiger partial charge in [0, 0.05) is 23.8 Å². The summed E-state index contributed by atoms with van der Waals surface area (Å²) in [4.78, 5) is 43.7. The van der Waals surface area contributed by atoms with Crippen molar-refractivity contribution < 1.29 is 28.3 Å². The van der Waals surface area contributed by atoms with Crippen LogP contribution in [0.25, 0.3) is 11.2 Å². The second-order valence-corrected chi connectivity index (χ2v) is 13.5. The van der Waals surface area contributed by atoms with Crippen LogP contribution in [-0.4, -0.2) is 59.8 Å². The highest BCUT2D eigenvalue weighted by atomic mass is 35.5. The Morgan fingerprint density at radius 3 is 2.44 bits per heavy atom. The summed E-state index contributed by atoms with van der Waals surface area (Å²) < 4.78 is 30.3. The van der Waals surface area contributed by atoms with E-state index in [1.807, 2.05) is 56.3 Å². The number of aromatic nitrogens is 4. The smallest absolute Gasteiger partial charge is 0.340 e. The summed E-state index contributed by atoms with van der Waals surface area (Å²) in [6.07, 6.45) is 1.69. The zero-order valence-corrected chi connectivity index (χ0v) is 23.2. The van der Waals surface area contributed by atoms with Gasteiger partial charge in [0.2, 0.25) is 5.95 Å². The molecule has 36 heavy (non-hydrogen) atoms. The Hall–Kier alpha value is -2.04. The third-order valence-corrected chi connectivity index (χ3v) is 9.10. The second kappa shape index (κ2) is 11.1.